The molecule has 4 nitrogen and oxygen atoms in total. The monoisotopic (exact) mass is 335 g/mol. The lowest BCUT2D eigenvalue weighted by atomic mass is 10.1. The summed E-state index contributed by atoms with van der Waals surface area (Å²) in [5.74, 6) is -0.419. The zero-order valence-corrected chi connectivity index (χ0v) is 12.5. The lowest BCUT2D eigenvalue weighted by Gasteiger charge is -2.09. The smallest absolute Gasteiger partial charge is 0.418 e. The molecule has 1 aliphatic carbocycles. The Hall–Kier alpha value is -2.83. The molecule has 7 heteroatoms. The zero-order valence-electron chi connectivity index (χ0n) is 12.5. The van der Waals surface area contributed by atoms with Gasteiger partial charge in [0, 0.05) is 23.8 Å². The second kappa shape index (κ2) is 5.67. The first kappa shape index (κ1) is 16.0. The van der Waals surface area contributed by atoms with Gasteiger partial charge in [0.05, 0.1) is 18.4 Å². The summed E-state index contributed by atoms with van der Waals surface area (Å²) in [4.78, 5) is 16.1. The summed E-state index contributed by atoms with van der Waals surface area (Å²) in [6.45, 7) is 0. The Bertz CT molecular complexity index is 857. The van der Waals surface area contributed by atoms with Crippen molar-refractivity contribution in [3.63, 3.8) is 0 Å². The SMILES string of the molecule is COc1cc2c(cc1O)C(=O)/C(=C/c1ncccc1C(F)(F)F)C2. The minimum Gasteiger partial charge on any atom is -0.504 e. The minimum absolute atomic E-state index is 0.151. The number of aromatic hydroxyl groups is 1. The summed E-state index contributed by atoms with van der Waals surface area (Å²) in [6.07, 6.45) is -2.02. The molecule has 0 unspecified atom stereocenters. The molecule has 124 valence electrons. The number of rotatable bonds is 2. The normalized spacial score (nSPS) is 15.7. The number of hydrogen-bond donors (Lipinski definition) is 1. The molecule has 1 aromatic heterocycles. The third-order valence-electron chi connectivity index (χ3n) is 3.78. The highest BCUT2D eigenvalue weighted by Crippen LogP contribution is 2.37. The molecule has 3 rings (SSSR count). The highest BCUT2D eigenvalue weighted by atomic mass is 19.4. The molecule has 0 radical (unpaired) electrons. The Morgan fingerprint density at radius 2 is 2.08 bits per heavy atom. The van der Waals surface area contributed by atoms with Gasteiger partial charge in [-0.15, -0.1) is 0 Å². The van der Waals surface area contributed by atoms with Gasteiger partial charge in [0.2, 0.25) is 0 Å². The van der Waals surface area contributed by atoms with Crippen molar-refractivity contribution < 1.29 is 27.8 Å². The fourth-order valence-corrected chi connectivity index (χ4v) is 2.64. The van der Waals surface area contributed by atoms with E-state index in [2.05, 4.69) is 4.98 Å². The van der Waals surface area contributed by atoms with Crippen molar-refractivity contribution in [3.8, 4) is 11.5 Å². The van der Waals surface area contributed by atoms with Crippen LogP contribution in [0.3, 0.4) is 0 Å². The highest BCUT2D eigenvalue weighted by molar-refractivity contribution is 6.15. The van der Waals surface area contributed by atoms with Gasteiger partial charge in [-0.05, 0) is 35.9 Å². The zero-order chi connectivity index (χ0) is 17.5. The van der Waals surface area contributed by atoms with E-state index in [4.69, 9.17) is 4.74 Å². The van der Waals surface area contributed by atoms with Crippen LogP contribution in [-0.4, -0.2) is 23.0 Å². The third kappa shape index (κ3) is 2.73. The van der Waals surface area contributed by atoms with E-state index in [0.29, 0.717) is 5.56 Å². The topological polar surface area (TPSA) is 59.4 Å². The Labute approximate surface area is 135 Å². The number of aromatic nitrogens is 1. The van der Waals surface area contributed by atoms with Crippen molar-refractivity contribution >= 4 is 11.9 Å². The summed E-state index contributed by atoms with van der Waals surface area (Å²) >= 11 is 0. The number of pyridine rings is 1. The summed E-state index contributed by atoms with van der Waals surface area (Å²) in [5.41, 5.74) is -0.185. The standard InChI is InChI=1S/C17H12F3NO3/c1-24-15-7-9-5-10(16(23)11(9)8-14(15)22)6-13-12(17(18,19)20)3-2-4-21-13/h2-4,6-8,22H,5H2,1H3/b10-6+. The molecule has 1 heterocycles. The third-order valence-corrected chi connectivity index (χ3v) is 3.78. The number of carbonyl (C=O) groups excluding carboxylic acids is 1. The Balaban J connectivity index is 2.04. The van der Waals surface area contributed by atoms with Gasteiger partial charge in [-0.1, -0.05) is 0 Å². The van der Waals surface area contributed by atoms with Gasteiger partial charge in [-0.25, -0.2) is 0 Å². The van der Waals surface area contributed by atoms with E-state index in [9.17, 15) is 23.1 Å². The van der Waals surface area contributed by atoms with Crippen molar-refractivity contribution in [2.45, 2.75) is 12.6 Å². The maximum atomic E-state index is 13.0. The van der Waals surface area contributed by atoms with Crippen molar-refractivity contribution in [3.05, 3.63) is 58.4 Å². The lowest BCUT2D eigenvalue weighted by Crippen LogP contribution is -2.09. The van der Waals surface area contributed by atoms with Crippen LogP contribution in [-0.2, 0) is 12.6 Å². The van der Waals surface area contributed by atoms with Crippen LogP contribution in [0.15, 0.2) is 36.0 Å². The highest BCUT2D eigenvalue weighted by Gasteiger charge is 2.34. The number of phenols is 1. The van der Waals surface area contributed by atoms with Crippen molar-refractivity contribution in [2.24, 2.45) is 0 Å². The first-order valence-corrected chi connectivity index (χ1v) is 6.98. The number of allylic oxidation sites excluding steroid dienone is 1. The number of ketones is 1. The van der Waals surface area contributed by atoms with E-state index in [1.54, 1.807) is 0 Å². The van der Waals surface area contributed by atoms with E-state index in [-0.39, 0.29) is 34.8 Å². The number of carbonyl (C=O) groups is 1. The number of nitrogens with zero attached hydrogens (tertiary/aromatic N) is 1. The lowest BCUT2D eigenvalue weighted by molar-refractivity contribution is -0.138. The van der Waals surface area contributed by atoms with Gasteiger partial charge < -0.3 is 9.84 Å². The Kier molecular flexibility index (Phi) is 3.79. The second-order valence-electron chi connectivity index (χ2n) is 5.29. The molecule has 0 atom stereocenters. The molecule has 1 aromatic carbocycles. The second-order valence-corrected chi connectivity index (χ2v) is 5.29. The number of alkyl halides is 3. The molecule has 1 N–H and O–H groups in total. The molecule has 0 saturated carbocycles. The fourth-order valence-electron chi connectivity index (χ4n) is 2.64. The van der Waals surface area contributed by atoms with Gasteiger partial charge >= 0.3 is 6.18 Å². The number of ether oxygens (including phenoxy) is 1. The summed E-state index contributed by atoms with van der Waals surface area (Å²) in [7, 11) is 1.37. The average molecular weight is 335 g/mol. The van der Waals surface area contributed by atoms with E-state index >= 15 is 0 Å². The quantitative estimate of drug-likeness (QED) is 0.852. The first-order valence-electron chi connectivity index (χ1n) is 6.98. The predicted octanol–water partition coefficient (Wildman–Crippen LogP) is 3.64. The van der Waals surface area contributed by atoms with E-state index in [1.807, 2.05) is 0 Å². The predicted molar refractivity (Wildman–Crippen MR) is 79.9 cm³/mol. The van der Waals surface area contributed by atoms with Crippen LogP contribution in [0.4, 0.5) is 13.2 Å². The van der Waals surface area contributed by atoms with Crippen LogP contribution in [0.2, 0.25) is 0 Å². The van der Waals surface area contributed by atoms with Crippen LogP contribution >= 0.6 is 0 Å². The summed E-state index contributed by atoms with van der Waals surface area (Å²) < 4.78 is 44.1. The molecule has 24 heavy (non-hydrogen) atoms. The number of Topliss-reactive ketones (excluding diaryl/α,β-unsaturated/α-hetero) is 1. The van der Waals surface area contributed by atoms with Gasteiger partial charge in [-0.3, -0.25) is 9.78 Å². The molecule has 0 aliphatic heterocycles. The molecule has 0 fully saturated rings. The number of hydrogen-bond acceptors (Lipinski definition) is 4. The van der Waals surface area contributed by atoms with Crippen LogP contribution in [0.5, 0.6) is 11.5 Å². The van der Waals surface area contributed by atoms with Crippen LogP contribution < -0.4 is 4.74 Å². The van der Waals surface area contributed by atoms with E-state index in [1.165, 1.54) is 31.5 Å². The molecule has 0 spiro atoms. The number of fused-ring (bicyclic) bond motifs is 1. The van der Waals surface area contributed by atoms with Crippen molar-refractivity contribution in [1.82, 2.24) is 4.98 Å². The molecule has 0 saturated heterocycles. The summed E-state index contributed by atoms with van der Waals surface area (Å²) in [5, 5.41) is 9.76. The van der Waals surface area contributed by atoms with Crippen molar-refractivity contribution in [1.29, 1.82) is 0 Å². The maximum absolute atomic E-state index is 13.0. The van der Waals surface area contributed by atoms with E-state index < -0.39 is 17.5 Å². The molecular formula is C17H12F3NO3. The van der Waals surface area contributed by atoms with Gasteiger partial charge in [0.1, 0.15) is 0 Å². The molecule has 0 amide bonds. The first-order chi connectivity index (χ1) is 11.3. The molecule has 1 aliphatic rings. The number of phenolic OH excluding ortho intramolecular Hbond substituents is 1. The molecular weight excluding hydrogens is 323 g/mol. The number of methoxy groups -OCH3 is 1. The summed E-state index contributed by atoms with van der Waals surface area (Å²) in [6, 6.07) is 4.88. The van der Waals surface area contributed by atoms with Gasteiger partial charge in [0.15, 0.2) is 17.3 Å². The average Bonchev–Trinajstić information content (AvgIpc) is 2.82. The Morgan fingerprint density at radius 1 is 1.33 bits per heavy atom. The van der Waals surface area contributed by atoms with Gasteiger partial charge in [-0.2, -0.15) is 13.2 Å². The molecule has 2 aromatic rings. The van der Waals surface area contributed by atoms with Crippen molar-refractivity contribution in [2.75, 3.05) is 7.11 Å². The van der Waals surface area contributed by atoms with E-state index in [0.717, 1.165) is 12.1 Å². The Morgan fingerprint density at radius 3 is 2.75 bits per heavy atom. The van der Waals surface area contributed by atoms with Crippen LogP contribution in [0, 0.1) is 0 Å². The van der Waals surface area contributed by atoms with Gasteiger partial charge in [0.25, 0.3) is 0 Å². The van der Waals surface area contributed by atoms with Crippen LogP contribution in [0.25, 0.3) is 6.08 Å². The fraction of sp³-hybridized carbons (Fsp3) is 0.176. The van der Waals surface area contributed by atoms with Crippen LogP contribution in [0.1, 0.15) is 27.2 Å². The largest absolute Gasteiger partial charge is 0.504 e. The minimum atomic E-state index is -4.56. The number of halogens is 3. The molecule has 0 bridgehead atoms. The number of benzene rings is 1. The maximum Gasteiger partial charge on any atom is 0.418 e.